The summed E-state index contributed by atoms with van der Waals surface area (Å²) < 4.78 is 26.9. The van der Waals surface area contributed by atoms with Gasteiger partial charge in [-0.25, -0.2) is 9.59 Å². The minimum atomic E-state index is -0.757. The van der Waals surface area contributed by atoms with Crippen molar-refractivity contribution in [2.45, 2.75) is 70.9 Å². The molecular weight excluding hydrogens is 678 g/mol. The molecule has 282 valence electrons. The molecule has 2 atom stereocenters. The number of benzene rings is 3. The maximum absolute atomic E-state index is 15.0. The van der Waals surface area contributed by atoms with Gasteiger partial charge in [0.25, 0.3) is 5.91 Å². The smallest absolute Gasteiger partial charge is 0.482 e. The summed E-state index contributed by atoms with van der Waals surface area (Å²) in [5, 5.41) is 0. The fourth-order valence-corrected chi connectivity index (χ4v) is 6.98. The number of carbonyl (C=O) groups is 4. The van der Waals surface area contributed by atoms with Crippen LogP contribution in [0.25, 0.3) is 11.1 Å². The highest BCUT2D eigenvalue weighted by Crippen LogP contribution is 2.43. The number of hydrogen-bond acceptors (Lipinski definition) is 9. The van der Waals surface area contributed by atoms with Crippen molar-refractivity contribution < 1.29 is 42.9 Å². The Morgan fingerprint density at radius 2 is 1.74 bits per heavy atom. The highest BCUT2D eigenvalue weighted by atomic mass is 16.7. The number of anilines is 2. The Kier molecular flexibility index (Phi) is 11.6. The third kappa shape index (κ3) is 9.11. The molecule has 0 spiro atoms. The molecule has 0 N–H and O–H groups in total. The molecule has 12 heteroatoms. The molecular formula is C41H49N3O9. The van der Waals surface area contributed by atoms with Gasteiger partial charge in [-0.1, -0.05) is 36.4 Å². The van der Waals surface area contributed by atoms with E-state index in [1.807, 2.05) is 74.2 Å². The molecule has 3 aromatic rings. The summed E-state index contributed by atoms with van der Waals surface area (Å²) in [6.45, 7) is 9.01. The van der Waals surface area contributed by atoms with E-state index in [0.717, 1.165) is 29.5 Å². The fourth-order valence-electron chi connectivity index (χ4n) is 6.98. The third-order valence-electron chi connectivity index (χ3n) is 9.59. The van der Waals surface area contributed by atoms with Crippen LogP contribution in [0.3, 0.4) is 0 Å². The second-order valence-electron chi connectivity index (χ2n) is 14.6. The summed E-state index contributed by atoms with van der Waals surface area (Å²) in [5.41, 5.74) is 3.49. The Bertz CT molecular complexity index is 1800. The second-order valence-corrected chi connectivity index (χ2v) is 14.6. The van der Waals surface area contributed by atoms with Crippen LogP contribution in [-0.2, 0) is 23.8 Å². The SMILES string of the molecule is CCOC(=O)Oc1ccc(-c2cccc([C@H]3CCN(C(=O)OC(C)(C)C)C[C@@H]3C(=O)N(c3ccc4c(c3)N(CCCOC)C(=O)CO4)C3CC3)c2)cc1. The number of hydrogen-bond donors (Lipinski definition) is 0. The quantitative estimate of drug-likeness (QED) is 0.115. The van der Waals surface area contributed by atoms with Crippen molar-refractivity contribution in [3.05, 3.63) is 72.3 Å². The molecule has 2 fully saturated rings. The summed E-state index contributed by atoms with van der Waals surface area (Å²) in [4.78, 5) is 58.4. The number of methoxy groups -OCH3 is 1. The highest BCUT2D eigenvalue weighted by molar-refractivity contribution is 6.01. The van der Waals surface area contributed by atoms with Crippen molar-refractivity contribution in [1.29, 1.82) is 0 Å². The number of ether oxygens (including phenoxy) is 5. The molecule has 3 aromatic carbocycles. The average Bonchev–Trinajstić information content (AvgIpc) is 3.97. The minimum absolute atomic E-state index is 0.00179. The van der Waals surface area contributed by atoms with E-state index in [1.54, 1.807) is 36.0 Å². The molecule has 3 aliphatic rings. The largest absolute Gasteiger partial charge is 0.513 e. The lowest BCUT2D eigenvalue weighted by Gasteiger charge is -2.41. The van der Waals surface area contributed by atoms with Gasteiger partial charge in [-0.15, -0.1) is 0 Å². The Morgan fingerprint density at radius 3 is 2.43 bits per heavy atom. The standard InChI is InChI=1S/C41H49N3O9/c1-6-50-40(48)52-32-16-11-27(12-17-32)28-9-7-10-29(23-28)33-19-21-42(39(47)53-41(2,3)4)25-34(33)38(46)44(30-13-14-30)31-15-18-36-35(24-31)43(20-8-22-49-5)37(45)26-51-36/h7,9-12,15-18,23-24,30,33-34H,6,8,13-14,19-22,25-26H2,1-5H3/t33-,34+/m1/s1. The van der Waals surface area contributed by atoms with Crippen LogP contribution in [-0.4, -0.2) is 87.2 Å². The van der Waals surface area contributed by atoms with Crippen LogP contribution in [0.2, 0.25) is 0 Å². The van der Waals surface area contributed by atoms with Crippen LogP contribution in [0.15, 0.2) is 66.7 Å². The zero-order valence-corrected chi connectivity index (χ0v) is 31.2. The molecule has 0 unspecified atom stereocenters. The van der Waals surface area contributed by atoms with Crippen molar-refractivity contribution in [2.75, 3.05) is 56.4 Å². The number of fused-ring (bicyclic) bond motifs is 1. The first-order chi connectivity index (χ1) is 25.5. The van der Waals surface area contributed by atoms with Crippen molar-refractivity contribution in [2.24, 2.45) is 5.92 Å². The number of carbonyl (C=O) groups excluding carboxylic acids is 4. The maximum atomic E-state index is 15.0. The molecule has 1 saturated carbocycles. The van der Waals surface area contributed by atoms with Crippen molar-refractivity contribution in [3.63, 3.8) is 0 Å². The van der Waals surface area contributed by atoms with Crippen LogP contribution < -0.4 is 19.3 Å². The van der Waals surface area contributed by atoms with Gasteiger partial charge < -0.3 is 38.4 Å². The van der Waals surface area contributed by atoms with E-state index >= 15 is 4.79 Å². The van der Waals surface area contributed by atoms with Crippen LogP contribution in [0.5, 0.6) is 11.5 Å². The van der Waals surface area contributed by atoms with Crippen molar-refractivity contribution in [1.82, 2.24) is 4.90 Å². The molecule has 0 aromatic heterocycles. The van der Waals surface area contributed by atoms with Gasteiger partial charge in [-0.05, 0) is 106 Å². The summed E-state index contributed by atoms with van der Waals surface area (Å²) in [7, 11) is 1.63. The molecule has 2 heterocycles. The normalized spacial score (nSPS) is 18.5. The summed E-state index contributed by atoms with van der Waals surface area (Å²) in [6, 6.07) is 20.9. The first kappa shape index (κ1) is 37.7. The molecule has 0 radical (unpaired) electrons. The van der Waals surface area contributed by atoms with Gasteiger partial charge >= 0.3 is 12.2 Å². The van der Waals surface area contributed by atoms with Crippen LogP contribution in [0.1, 0.15) is 64.9 Å². The Labute approximate surface area is 310 Å². The summed E-state index contributed by atoms with van der Waals surface area (Å²) in [5.74, 6) is -0.0131. The minimum Gasteiger partial charge on any atom is -0.482 e. The van der Waals surface area contributed by atoms with E-state index in [9.17, 15) is 14.4 Å². The van der Waals surface area contributed by atoms with Gasteiger partial charge in [0.1, 0.15) is 17.1 Å². The highest BCUT2D eigenvalue weighted by Gasteiger charge is 2.44. The monoisotopic (exact) mass is 727 g/mol. The van der Waals surface area contributed by atoms with Crippen LogP contribution in [0, 0.1) is 5.92 Å². The topological polar surface area (TPSA) is 124 Å². The summed E-state index contributed by atoms with van der Waals surface area (Å²) in [6.07, 6.45) is 1.73. The van der Waals surface area contributed by atoms with E-state index in [1.165, 1.54) is 0 Å². The predicted octanol–water partition coefficient (Wildman–Crippen LogP) is 7.19. The Balaban J connectivity index is 1.31. The lowest BCUT2D eigenvalue weighted by Crippen LogP contribution is -2.51. The Hall–Kier alpha value is -5.10. The van der Waals surface area contributed by atoms with Gasteiger partial charge in [0.05, 0.1) is 18.2 Å². The number of piperidine rings is 1. The zero-order chi connectivity index (χ0) is 37.7. The van der Waals surface area contributed by atoms with Gasteiger partial charge in [0.15, 0.2) is 6.61 Å². The van der Waals surface area contributed by atoms with Gasteiger partial charge in [-0.3, -0.25) is 9.59 Å². The number of nitrogens with zero attached hydrogens (tertiary/aromatic N) is 3. The number of likely N-dealkylation sites (tertiary alicyclic amines) is 1. The van der Waals surface area contributed by atoms with Gasteiger partial charge in [0.2, 0.25) is 5.91 Å². The average molecular weight is 728 g/mol. The fraction of sp³-hybridized carbons (Fsp3) is 0.463. The van der Waals surface area contributed by atoms with E-state index in [4.69, 9.17) is 23.7 Å². The van der Waals surface area contributed by atoms with Crippen LogP contribution in [0.4, 0.5) is 21.0 Å². The third-order valence-corrected chi connectivity index (χ3v) is 9.59. The van der Waals surface area contributed by atoms with Crippen molar-refractivity contribution in [3.8, 4) is 22.6 Å². The molecule has 0 bridgehead atoms. The lowest BCUT2D eigenvalue weighted by molar-refractivity contribution is -0.124. The first-order valence-corrected chi connectivity index (χ1v) is 18.4. The molecule has 1 aliphatic carbocycles. The van der Waals surface area contributed by atoms with Crippen molar-refractivity contribution >= 4 is 35.4 Å². The second kappa shape index (κ2) is 16.3. The van der Waals surface area contributed by atoms with E-state index in [0.29, 0.717) is 55.4 Å². The summed E-state index contributed by atoms with van der Waals surface area (Å²) >= 11 is 0. The predicted molar refractivity (Wildman–Crippen MR) is 199 cm³/mol. The molecule has 2 aliphatic heterocycles. The molecule has 6 rings (SSSR count). The molecule has 1 saturated heterocycles. The number of rotatable bonds is 11. The first-order valence-electron chi connectivity index (χ1n) is 18.4. The zero-order valence-electron chi connectivity index (χ0n) is 31.2. The molecule has 12 nitrogen and oxygen atoms in total. The van der Waals surface area contributed by atoms with E-state index < -0.39 is 23.8 Å². The van der Waals surface area contributed by atoms with E-state index in [-0.39, 0.29) is 43.5 Å². The molecule has 3 amide bonds. The Morgan fingerprint density at radius 1 is 0.962 bits per heavy atom. The lowest BCUT2D eigenvalue weighted by atomic mass is 9.78. The van der Waals surface area contributed by atoms with Gasteiger partial charge in [0, 0.05) is 45.1 Å². The maximum Gasteiger partial charge on any atom is 0.513 e. The van der Waals surface area contributed by atoms with Crippen LogP contribution >= 0.6 is 0 Å². The van der Waals surface area contributed by atoms with E-state index in [2.05, 4.69) is 6.07 Å². The van der Waals surface area contributed by atoms with Gasteiger partial charge in [-0.2, -0.15) is 0 Å². The molecule has 53 heavy (non-hydrogen) atoms. The number of amides is 3.